The molecule has 0 aromatic heterocycles. The van der Waals surface area contributed by atoms with Crippen LogP contribution in [0.15, 0.2) is 41.3 Å². The number of imide groups is 2. The molecule has 2 aliphatic rings. The molecule has 15 heteroatoms. The summed E-state index contributed by atoms with van der Waals surface area (Å²) in [6, 6.07) is 4.24. The molecule has 4 rings (SSSR count). The molecule has 3 N–H and O–H groups in total. The van der Waals surface area contributed by atoms with Gasteiger partial charge >= 0.3 is 6.36 Å². The average Bonchev–Trinajstić information content (AvgIpc) is 2.97. The third-order valence-corrected chi connectivity index (χ3v) is 6.56. The molecule has 35 heavy (non-hydrogen) atoms. The minimum Gasteiger partial charge on any atom is -0.507 e. The summed E-state index contributed by atoms with van der Waals surface area (Å²) in [6.07, 6.45) is -5.46. The number of alkyl halides is 3. The first-order valence-electron chi connectivity index (χ1n) is 9.74. The van der Waals surface area contributed by atoms with Crippen molar-refractivity contribution in [2.75, 3.05) is 4.72 Å². The van der Waals surface area contributed by atoms with Crippen molar-refractivity contribution in [1.82, 2.24) is 10.2 Å². The van der Waals surface area contributed by atoms with Crippen LogP contribution < -0.4 is 14.8 Å². The zero-order valence-electron chi connectivity index (χ0n) is 17.2. The summed E-state index contributed by atoms with van der Waals surface area (Å²) < 4.78 is 69.2. The number of nitrogens with one attached hydrogen (secondary N) is 2. The molecule has 1 unspecified atom stereocenters. The van der Waals surface area contributed by atoms with Crippen LogP contribution in [0.25, 0.3) is 0 Å². The summed E-state index contributed by atoms with van der Waals surface area (Å²) in [7, 11) is -4.73. The number of phenolic OH excluding ortho intramolecular Hbond substituents is 1. The van der Waals surface area contributed by atoms with Crippen LogP contribution in [0.4, 0.5) is 18.9 Å². The second kappa shape index (κ2) is 8.26. The number of hydrogen-bond acceptors (Lipinski definition) is 8. The highest BCUT2D eigenvalue weighted by molar-refractivity contribution is 7.92. The largest absolute Gasteiger partial charge is 0.573 e. The van der Waals surface area contributed by atoms with Crippen LogP contribution in [0.5, 0.6) is 11.5 Å². The number of carbonyl (C=O) groups is 4. The normalized spacial score (nSPS) is 18.4. The van der Waals surface area contributed by atoms with E-state index in [0.717, 1.165) is 36.4 Å². The third-order valence-electron chi connectivity index (χ3n) is 5.14. The van der Waals surface area contributed by atoms with Crippen LogP contribution >= 0.6 is 0 Å². The van der Waals surface area contributed by atoms with Crippen LogP contribution in [-0.2, 0) is 19.6 Å². The maximum absolute atomic E-state index is 12.9. The predicted molar refractivity (Wildman–Crippen MR) is 109 cm³/mol. The van der Waals surface area contributed by atoms with Crippen molar-refractivity contribution in [3.8, 4) is 11.5 Å². The highest BCUT2D eigenvalue weighted by Crippen LogP contribution is 2.37. The third kappa shape index (κ3) is 4.49. The van der Waals surface area contributed by atoms with Gasteiger partial charge in [0.2, 0.25) is 11.8 Å². The summed E-state index contributed by atoms with van der Waals surface area (Å²) >= 11 is 0. The van der Waals surface area contributed by atoms with E-state index in [9.17, 15) is 45.9 Å². The average molecular weight is 513 g/mol. The molecule has 0 spiro atoms. The van der Waals surface area contributed by atoms with Gasteiger partial charge in [0, 0.05) is 12.5 Å². The number of phenols is 1. The molecule has 1 saturated heterocycles. The van der Waals surface area contributed by atoms with Crippen LogP contribution in [0.3, 0.4) is 0 Å². The maximum atomic E-state index is 12.9. The number of hydrogen-bond donors (Lipinski definition) is 3. The Kier molecular flexibility index (Phi) is 5.67. The van der Waals surface area contributed by atoms with E-state index in [1.165, 1.54) is 0 Å². The van der Waals surface area contributed by atoms with Crippen LogP contribution in [0.1, 0.15) is 33.6 Å². The lowest BCUT2D eigenvalue weighted by Crippen LogP contribution is -2.54. The van der Waals surface area contributed by atoms with Gasteiger partial charge in [-0.3, -0.25) is 34.1 Å². The van der Waals surface area contributed by atoms with Gasteiger partial charge in [0.15, 0.2) is 0 Å². The van der Waals surface area contributed by atoms with Gasteiger partial charge in [-0.15, -0.1) is 13.2 Å². The number of aromatic hydroxyl groups is 1. The van der Waals surface area contributed by atoms with Crippen LogP contribution in [0, 0.1) is 0 Å². The number of piperidine rings is 1. The predicted octanol–water partition coefficient (Wildman–Crippen LogP) is 1.49. The van der Waals surface area contributed by atoms with Gasteiger partial charge in [0.05, 0.1) is 16.8 Å². The number of ether oxygens (including phenoxy) is 1. The molecule has 0 bridgehead atoms. The van der Waals surface area contributed by atoms with Gasteiger partial charge in [0.1, 0.15) is 22.4 Å². The number of carbonyl (C=O) groups excluding carboxylic acids is 4. The van der Waals surface area contributed by atoms with Crippen LogP contribution in [-0.4, -0.2) is 54.5 Å². The number of para-hydroxylation sites is 1. The molecule has 0 radical (unpaired) electrons. The van der Waals surface area contributed by atoms with Gasteiger partial charge in [0.25, 0.3) is 21.8 Å². The van der Waals surface area contributed by atoms with Gasteiger partial charge in [-0.1, -0.05) is 12.1 Å². The number of sulfonamides is 1. The second-order valence-electron chi connectivity index (χ2n) is 7.47. The topological polar surface area (TPSA) is 159 Å². The van der Waals surface area contributed by atoms with E-state index >= 15 is 0 Å². The molecule has 2 heterocycles. The number of fused-ring (bicyclic) bond motifs is 1. The van der Waals surface area contributed by atoms with Crippen molar-refractivity contribution in [2.24, 2.45) is 0 Å². The molecule has 0 saturated carbocycles. The maximum Gasteiger partial charge on any atom is 0.573 e. The first-order chi connectivity index (χ1) is 16.3. The van der Waals surface area contributed by atoms with Gasteiger partial charge in [-0.2, -0.15) is 0 Å². The smallest absolute Gasteiger partial charge is 0.507 e. The van der Waals surface area contributed by atoms with Crippen molar-refractivity contribution in [3.05, 3.63) is 47.5 Å². The van der Waals surface area contributed by atoms with Crippen molar-refractivity contribution < 1.29 is 50.6 Å². The number of anilines is 1. The van der Waals surface area contributed by atoms with E-state index < -0.39 is 79.3 Å². The fourth-order valence-corrected chi connectivity index (χ4v) is 4.89. The minimum atomic E-state index is -5.18. The molecule has 1 atom stereocenters. The summed E-state index contributed by atoms with van der Waals surface area (Å²) in [4.78, 5) is 48.8. The number of benzene rings is 2. The van der Waals surface area contributed by atoms with Crippen molar-refractivity contribution in [2.45, 2.75) is 30.1 Å². The Morgan fingerprint density at radius 2 is 1.77 bits per heavy atom. The van der Waals surface area contributed by atoms with E-state index in [1.54, 1.807) is 0 Å². The van der Waals surface area contributed by atoms with Gasteiger partial charge in [-0.05, 0) is 24.6 Å². The SMILES string of the molecule is O=C1CCC(N2C(=O)c3cc(NS(=O)(=O)c4ccccc4OC(F)(F)F)cc(O)c3C2=O)C(=O)N1. The number of nitrogens with zero attached hydrogens (tertiary/aromatic N) is 1. The highest BCUT2D eigenvalue weighted by Gasteiger charge is 2.46. The lowest BCUT2D eigenvalue weighted by Gasteiger charge is -2.27. The Hall–Kier alpha value is -4.14. The Balaban J connectivity index is 1.67. The lowest BCUT2D eigenvalue weighted by atomic mass is 10.0. The van der Waals surface area contributed by atoms with Crippen LogP contribution in [0.2, 0.25) is 0 Å². The summed E-state index contributed by atoms with van der Waals surface area (Å²) in [5.74, 6) is -5.37. The number of halogens is 3. The monoisotopic (exact) mass is 513 g/mol. The molecule has 2 aliphatic heterocycles. The van der Waals surface area contributed by atoms with E-state index in [4.69, 9.17) is 0 Å². The fraction of sp³-hybridized carbons (Fsp3) is 0.200. The van der Waals surface area contributed by atoms with Gasteiger partial charge < -0.3 is 9.84 Å². The Bertz CT molecular complexity index is 1390. The zero-order valence-corrected chi connectivity index (χ0v) is 18.1. The van der Waals surface area contributed by atoms with Gasteiger partial charge in [-0.25, -0.2) is 8.42 Å². The fourth-order valence-electron chi connectivity index (χ4n) is 3.72. The first-order valence-corrected chi connectivity index (χ1v) is 11.2. The molecule has 2 aromatic rings. The van der Waals surface area contributed by atoms with Crippen molar-refractivity contribution in [3.63, 3.8) is 0 Å². The molecule has 11 nitrogen and oxygen atoms in total. The molecule has 1 fully saturated rings. The Morgan fingerprint density at radius 3 is 2.43 bits per heavy atom. The molecule has 2 aromatic carbocycles. The Morgan fingerprint density at radius 1 is 1.09 bits per heavy atom. The van der Waals surface area contributed by atoms with E-state index in [-0.39, 0.29) is 12.8 Å². The molecular formula is C20H14F3N3O8S. The second-order valence-corrected chi connectivity index (χ2v) is 9.12. The number of rotatable bonds is 5. The van der Waals surface area contributed by atoms with E-state index in [2.05, 4.69) is 4.74 Å². The molecular weight excluding hydrogens is 499 g/mol. The highest BCUT2D eigenvalue weighted by atomic mass is 32.2. The molecule has 4 amide bonds. The Labute approximate surface area is 194 Å². The van der Waals surface area contributed by atoms with E-state index in [1.807, 2.05) is 10.0 Å². The quantitative estimate of drug-likeness (QED) is 0.507. The summed E-state index contributed by atoms with van der Waals surface area (Å²) in [6.45, 7) is 0. The zero-order chi connectivity index (χ0) is 25.7. The van der Waals surface area contributed by atoms with Crippen molar-refractivity contribution >= 4 is 39.3 Å². The minimum absolute atomic E-state index is 0.139. The standard InChI is InChI=1S/C20H14F3N3O8S/c21-20(22,23)34-13-3-1-2-4-14(13)35(32,33)25-9-7-10-16(12(27)8-9)19(31)26(18(10)30)11-5-6-15(28)24-17(11)29/h1-4,7-8,11,25,27H,5-6H2,(H,24,28,29). The summed E-state index contributed by atoms with van der Waals surface area (Å²) in [5.41, 5.74) is -1.39. The lowest BCUT2D eigenvalue weighted by molar-refractivity contribution is -0.275. The first kappa shape index (κ1) is 24.0. The van der Waals surface area contributed by atoms with E-state index in [0.29, 0.717) is 4.90 Å². The molecule has 0 aliphatic carbocycles. The van der Waals surface area contributed by atoms with Crippen molar-refractivity contribution in [1.29, 1.82) is 0 Å². The number of amides is 4. The molecule has 184 valence electrons. The summed E-state index contributed by atoms with van der Waals surface area (Å²) in [5, 5.41) is 12.3.